The topological polar surface area (TPSA) is 24.9 Å². The molecule has 0 fully saturated rings. The molecule has 0 saturated heterocycles. The summed E-state index contributed by atoms with van der Waals surface area (Å²) in [5, 5.41) is 10.1. The van der Waals surface area contributed by atoms with Crippen molar-refractivity contribution in [3.63, 3.8) is 0 Å². The summed E-state index contributed by atoms with van der Waals surface area (Å²) in [6.07, 6.45) is 24.3. The highest BCUT2D eigenvalue weighted by atomic mass is 28.4. The van der Waals surface area contributed by atoms with Crippen LogP contribution in [0.2, 0.25) is 6.55 Å². The molecule has 107 heavy (non-hydrogen) atoms. The van der Waals surface area contributed by atoms with Crippen molar-refractivity contribution >= 4 is 85.1 Å². The van der Waals surface area contributed by atoms with Gasteiger partial charge < -0.3 is 19.0 Å². The number of benzene rings is 11. The molecule has 0 saturated carbocycles. The number of nitrogens with zero attached hydrogens (tertiary/aromatic N) is 2. The molecule has 11 aromatic rings. The second kappa shape index (κ2) is 35.4. The zero-order chi connectivity index (χ0) is 76.1. The van der Waals surface area contributed by atoms with E-state index in [0.29, 0.717) is 0 Å². The van der Waals surface area contributed by atoms with Gasteiger partial charge in [-0.1, -0.05) is 321 Å². The van der Waals surface area contributed by atoms with Crippen LogP contribution in [0, 0.1) is 0 Å². The summed E-state index contributed by atoms with van der Waals surface area (Å²) in [5.41, 5.74) is 20.0. The maximum atomic E-state index is 7.26. The first-order valence-electron chi connectivity index (χ1n) is 41.3. The van der Waals surface area contributed by atoms with Crippen LogP contribution in [-0.2, 0) is 38.9 Å². The van der Waals surface area contributed by atoms with Crippen LogP contribution < -0.4 is 24.9 Å². The molecule has 0 aromatic heterocycles. The number of ether oxygens (including phenoxy) is 1. The smallest absolute Gasteiger partial charge is 0.252 e. The Morgan fingerprint density at radius 2 is 0.720 bits per heavy atom. The minimum Gasteiger partial charge on any atom is -0.494 e. The summed E-state index contributed by atoms with van der Waals surface area (Å²) in [4.78, 5) is 4.88. The van der Waals surface area contributed by atoms with Crippen molar-refractivity contribution < 1.29 is 9.16 Å². The predicted octanol–water partition coefficient (Wildman–Crippen LogP) is 29.5. The molecule has 0 heterocycles. The molecule has 5 heteroatoms. The average molecular weight is 1440 g/mol. The number of hydrogen-bond donors (Lipinski definition) is 0. The van der Waals surface area contributed by atoms with Crippen molar-refractivity contribution in [2.45, 2.75) is 260 Å². The fourth-order valence-corrected chi connectivity index (χ4v) is 18.8. The van der Waals surface area contributed by atoms with Crippen LogP contribution in [-0.4, -0.2) is 22.0 Å². The average Bonchev–Trinajstić information content (AvgIpc) is 0.715. The number of aryl methyl sites for hydroxylation is 2. The van der Waals surface area contributed by atoms with Gasteiger partial charge in [-0.05, 0) is 250 Å². The molecule has 1 unspecified atom stereocenters. The fourth-order valence-electron chi connectivity index (χ4n) is 16.0. The van der Waals surface area contributed by atoms with Crippen LogP contribution in [0.3, 0.4) is 0 Å². The van der Waals surface area contributed by atoms with Crippen LogP contribution in [0.4, 0.5) is 34.1 Å². The van der Waals surface area contributed by atoms with E-state index in [9.17, 15) is 0 Å². The second-order valence-electron chi connectivity index (χ2n) is 35.3. The van der Waals surface area contributed by atoms with E-state index < -0.39 is 8.32 Å². The molecular weight excluding hydrogens is 1310 g/mol. The summed E-state index contributed by atoms with van der Waals surface area (Å²) < 4.78 is 14.0. The number of hydrogen-bond acceptors (Lipinski definition) is 4. The fraction of sp³-hybridized carbons (Fsp3) is 0.412. The highest BCUT2D eigenvalue weighted by molar-refractivity contribution is 6.97. The van der Waals surface area contributed by atoms with Crippen molar-refractivity contribution in [1.29, 1.82) is 0 Å². The van der Waals surface area contributed by atoms with Gasteiger partial charge in [-0.25, -0.2) is 0 Å². The number of fused-ring (bicyclic) bond motifs is 3. The Balaban J connectivity index is 1.15. The molecule has 11 aromatic carbocycles. The van der Waals surface area contributed by atoms with Gasteiger partial charge in [-0.2, -0.15) is 0 Å². The van der Waals surface area contributed by atoms with Crippen molar-refractivity contribution in [2.24, 2.45) is 0 Å². The van der Waals surface area contributed by atoms with Gasteiger partial charge in [0.15, 0.2) is 0 Å². The molecule has 0 aliphatic heterocycles. The summed E-state index contributed by atoms with van der Waals surface area (Å²) in [6, 6.07) is 83.0. The molecule has 11 rings (SSSR count). The Morgan fingerprint density at radius 1 is 0.327 bits per heavy atom. The summed E-state index contributed by atoms with van der Waals surface area (Å²) in [6.45, 7) is 37.7. The number of anilines is 6. The molecular formula is C102H128N2O2Si. The highest BCUT2D eigenvalue weighted by Gasteiger charge is 2.37. The largest absolute Gasteiger partial charge is 0.494 e. The number of unbranched alkanes of at least 4 members (excludes halogenated alkanes) is 15. The van der Waals surface area contributed by atoms with E-state index in [-0.39, 0.29) is 21.7 Å². The maximum absolute atomic E-state index is 7.26. The van der Waals surface area contributed by atoms with Gasteiger partial charge in [0.25, 0.3) is 8.32 Å². The van der Waals surface area contributed by atoms with Gasteiger partial charge in [0.2, 0.25) is 0 Å². The molecule has 1 atom stereocenters. The molecule has 0 spiro atoms. The van der Waals surface area contributed by atoms with Crippen LogP contribution in [0.5, 0.6) is 5.75 Å². The monoisotopic (exact) mass is 1440 g/mol. The standard InChI is InChI=1S/C102H128N2O2Si/c1-18-21-24-27-30-33-37-74-41-66-92-93(68-74)98(79-43-42-77-70-89(57-46-76(77)69-79)104(87-62-51-82(52-63-87)101(10,11)12)88-64-53-83(54-65-88)102(13,14)15)95-73-96(107(17,105-16)91-40-36-39-90(72-91)106-67-35-32-29-26-23-20-3)78(38-34-31-28-25-22-19-2)71-94(95)97(92)75-44-55-84(56-45-75)103(85-58-47-80(48-59-85)99(4,5)6)86-60-49-81(50-61-86)100(7,8)9/h36,39-66,68-73H,18-35,37-38,67H2,1-17H3. The zero-order valence-corrected chi connectivity index (χ0v) is 69.8. The molecule has 0 radical (unpaired) electrons. The lowest BCUT2D eigenvalue weighted by Gasteiger charge is -2.31. The van der Waals surface area contributed by atoms with E-state index in [1.54, 1.807) is 0 Å². The Kier molecular flexibility index (Phi) is 26.4. The van der Waals surface area contributed by atoms with Crippen LogP contribution >= 0.6 is 0 Å². The van der Waals surface area contributed by atoms with E-state index in [1.807, 2.05) is 7.11 Å². The molecule has 562 valence electrons. The van der Waals surface area contributed by atoms with Gasteiger partial charge in [0.1, 0.15) is 5.75 Å². The molecule has 0 N–H and O–H groups in total. The Morgan fingerprint density at radius 3 is 1.21 bits per heavy atom. The third-order valence-corrected chi connectivity index (χ3v) is 26.6. The predicted molar refractivity (Wildman–Crippen MR) is 471 cm³/mol. The normalized spacial score (nSPS) is 12.9. The van der Waals surface area contributed by atoms with E-state index in [0.717, 1.165) is 72.2 Å². The lowest BCUT2D eigenvalue weighted by Crippen LogP contribution is -2.58. The molecule has 0 aliphatic rings. The second-order valence-corrected chi connectivity index (χ2v) is 38.8. The summed E-state index contributed by atoms with van der Waals surface area (Å²) in [7, 11) is -1.01. The first-order chi connectivity index (χ1) is 51.3. The minimum atomic E-state index is -3.00. The van der Waals surface area contributed by atoms with Crippen LogP contribution in [0.1, 0.15) is 253 Å². The van der Waals surface area contributed by atoms with E-state index in [1.165, 1.54) is 201 Å². The van der Waals surface area contributed by atoms with Crippen LogP contribution in [0.25, 0.3) is 54.6 Å². The molecule has 4 nitrogen and oxygen atoms in total. The van der Waals surface area contributed by atoms with E-state index in [4.69, 9.17) is 9.16 Å². The molecule has 0 bridgehead atoms. The Labute approximate surface area is 647 Å². The zero-order valence-electron chi connectivity index (χ0n) is 68.8. The molecule has 0 aliphatic carbocycles. The van der Waals surface area contributed by atoms with Gasteiger partial charge in [0, 0.05) is 41.2 Å². The third-order valence-electron chi connectivity index (χ3n) is 22.8. The molecule has 0 amide bonds. The third kappa shape index (κ3) is 19.4. The first-order valence-corrected chi connectivity index (χ1v) is 43.7. The van der Waals surface area contributed by atoms with Gasteiger partial charge in [-0.15, -0.1) is 0 Å². The Hall–Kier alpha value is -8.22. The van der Waals surface area contributed by atoms with E-state index in [2.05, 4.69) is 333 Å². The summed E-state index contributed by atoms with van der Waals surface area (Å²) in [5.74, 6) is 0.933. The highest BCUT2D eigenvalue weighted by Crippen LogP contribution is 2.48. The van der Waals surface area contributed by atoms with Crippen LogP contribution in [0.15, 0.2) is 212 Å². The minimum absolute atomic E-state index is 0.0307. The van der Waals surface area contributed by atoms with Crippen molar-refractivity contribution in [2.75, 3.05) is 23.5 Å². The Bertz CT molecular complexity index is 4580. The quantitative estimate of drug-likeness (QED) is 0.0233. The lowest BCUT2D eigenvalue weighted by atomic mass is 9.83. The maximum Gasteiger partial charge on any atom is 0.252 e. The summed E-state index contributed by atoms with van der Waals surface area (Å²) >= 11 is 0. The van der Waals surface area contributed by atoms with Crippen molar-refractivity contribution in [1.82, 2.24) is 0 Å². The SMILES string of the molecule is CCCCCCCCOc1cccc([Si](C)(OC)c2cc3c(-c4ccc5cc(N(c6ccc(C(C)(C)C)cc6)c6ccc(C(C)(C)C)cc6)ccc5c4)c4cc(CCCCCCCC)ccc4c(-c4ccc(N(c5ccc(C(C)(C)C)cc5)c5ccc(C(C)(C)C)cc5)cc4)c3cc2CCCCCCCC)c1. The van der Waals surface area contributed by atoms with Gasteiger partial charge >= 0.3 is 0 Å². The first kappa shape index (κ1) is 79.8. The lowest BCUT2D eigenvalue weighted by molar-refractivity contribution is 0.304. The van der Waals surface area contributed by atoms with Crippen molar-refractivity contribution in [3.8, 4) is 28.0 Å². The van der Waals surface area contributed by atoms with E-state index >= 15 is 0 Å². The van der Waals surface area contributed by atoms with Gasteiger partial charge in [-0.3, -0.25) is 0 Å². The van der Waals surface area contributed by atoms with Gasteiger partial charge in [0.05, 0.1) is 6.61 Å². The van der Waals surface area contributed by atoms with Crippen molar-refractivity contribution in [3.05, 3.63) is 246 Å². The number of rotatable bonds is 33.